The smallest absolute Gasteiger partial charge is 0.248 e. The lowest BCUT2D eigenvalue weighted by Crippen LogP contribution is -2.30. The van der Waals surface area contributed by atoms with Gasteiger partial charge in [0.05, 0.1) is 12.8 Å². The van der Waals surface area contributed by atoms with Gasteiger partial charge in [0.2, 0.25) is 11.8 Å². The second kappa shape index (κ2) is 8.03. The molecule has 29 heavy (non-hydrogen) atoms. The Labute approximate surface area is 173 Å². The van der Waals surface area contributed by atoms with E-state index in [1.807, 2.05) is 42.5 Å². The molecule has 1 aromatic heterocycles. The van der Waals surface area contributed by atoms with E-state index in [1.165, 1.54) is 0 Å². The van der Waals surface area contributed by atoms with E-state index >= 15 is 0 Å². The predicted octanol–water partition coefficient (Wildman–Crippen LogP) is 6.16. The van der Waals surface area contributed by atoms with E-state index in [1.54, 1.807) is 23.9 Å². The molecule has 4 nitrogen and oxygen atoms in total. The molecule has 2 aromatic carbocycles. The number of alkyl halides is 2. The first-order chi connectivity index (χ1) is 13.9. The van der Waals surface area contributed by atoms with Crippen molar-refractivity contribution >= 4 is 11.6 Å². The number of aromatic nitrogens is 2. The summed E-state index contributed by atoms with van der Waals surface area (Å²) in [5.41, 5.74) is 2.45. The van der Waals surface area contributed by atoms with Crippen molar-refractivity contribution in [1.82, 2.24) is 9.78 Å². The van der Waals surface area contributed by atoms with Crippen molar-refractivity contribution in [1.29, 1.82) is 0 Å². The first-order valence-corrected chi connectivity index (χ1v) is 9.87. The second-order valence-electron chi connectivity index (χ2n) is 7.13. The molecule has 4 rings (SSSR count). The fourth-order valence-electron chi connectivity index (χ4n) is 3.53. The highest BCUT2D eigenvalue weighted by atomic mass is 35.5. The molecular weight excluding hydrogens is 398 g/mol. The summed E-state index contributed by atoms with van der Waals surface area (Å²) in [6.07, 6.45) is 0.0353. The first-order valence-electron chi connectivity index (χ1n) is 9.49. The van der Waals surface area contributed by atoms with E-state index in [0.29, 0.717) is 29.5 Å². The maximum absolute atomic E-state index is 13.4. The van der Waals surface area contributed by atoms with Gasteiger partial charge in [0.15, 0.2) is 0 Å². The normalized spacial score (nSPS) is 16.6. The number of para-hydroxylation sites is 2. The van der Waals surface area contributed by atoms with Gasteiger partial charge in [-0.25, -0.2) is 13.5 Å². The van der Waals surface area contributed by atoms with E-state index in [9.17, 15) is 8.78 Å². The Hall–Kier alpha value is -2.60. The Kier molecular flexibility index (Phi) is 5.46. The molecule has 0 unspecified atom stereocenters. The van der Waals surface area contributed by atoms with Gasteiger partial charge >= 0.3 is 0 Å². The number of hydrogen-bond donors (Lipinski definition) is 0. The highest BCUT2D eigenvalue weighted by Gasteiger charge is 2.36. The van der Waals surface area contributed by atoms with Crippen molar-refractivity contribution in [3.8, 4) is 28.6 Å². The van der Waals surface area contributed by atoms with Gasteiger partial charge in [-0.2, -0.15) is 0 Å². The standard InChI is InChI=1S/C22H21ClF2N2O2/c1-28-20-5-3-2-4-18(20)27-19(15-6-8-16(23)9-7-15)14-21(26-27)29-17-10-12-22(24,25)13-11-17/h2-9,14,17H,10-13H2,1H3. The minimum Gasteiger partial charge on any atom is -0.494 e. The number of rotatable bonds is 5. The Bertz CT molecular complexity index is 979. The molecule has 0 amide bonds. The fraction of sp³-hybridized carbons (Fsp3) is 0.318. The van der Waals surface area contributed by atoms with Crippen LogP contribution in [0.2, 0.25) is 5.02 Å². The van der Waals surface area contributed by atoms with E-state index in [4.69, 9.17) is 21.1 Å². The predicted molar refractivity (Wildman–Crippen MR) is 108 cm³/mol. The number of benzene rings is 2. The average molecular weight is 419 g/mol. The molecule has 3 aromatic rings. The van der Waals surface area contributed by atoms with Crippen LogP contribution in [0.15, 0.2) is 54.6 Å². The number of methoxy groups -OCH3 is 1. The van der Waals surface area contributed by atoms with Gasteiger partial charge in [0.1, 0.15) is 17.5 Å². The molecule has 1 aliphatic carbocycles. The van der Waals surface area contributed by atoms with E-state index in [-0.39, 0.29) is 18.9 Å². The van der Waals surface area contributed by atoms with Gasteiger partial charge in [0.25, 0.3) is 0 Å². The van der Waals surface area contributed by atoms with Gasteiger partial charge < -0.3 is 9.47 Å². The molecule has 0 radical (unpaired) electrons. The summed E-state index contributed by atoms with van der Waals surface area (Å²) < 4.78 is 40.1. The second-order valence-corrected chi connectivity index (χ2v) is 7.57. The largest absolute Gasteiger partial charge is 0.494 e. The van der Waals surface area contributed by atoms with Crippen LogP contribution in [-0.2, 0) is 0 Å². The molecule has 0 N–H and O–H groups in total. The molecule has 0 saturated heterocycles. The van der Waals surface area contributed by atoms with E-state index in [0.717, 1.165) is 16.9 Å². The van der Waals surface area contributed by atoms with Gasteiger partial charge in [-0.05, 0) is 37.1 Å². The maximum atomic E-state index is 13.4. The molecule has 1 heterocycles. The van der Waals surface area contributed by atoms with Crippen LogP contribution in [-0.4, -0.2) is 28.9 Å². The van der Waals surface area contributed by atoms with Crippen LogP contribution in [0.25, 0.3) is 16.9 Å². The third-order valence-corrected chi connectivity index (χ3v) is 5.34. The zero-order valence-corrected chi connectivity index (χ0v) is 16.7. The summed E-state index contributed by atoms with van der Waals surface area (Å²) in [5, 5.41) is 5.25. The van der Waals surface area contributed by atoms with Crippen LogP contribution in [0, 0.1) is 0 Å². The molecule has 7 heteroatoms. The zero-order valence-electron chi connectivity index (χ0n) is 15.9. The number of halogens is 3. The number of hydrogen-bond acceptors (Lipinski definition) is 3. The van der Waals surface area contributed by atoms with Crippen molar-refractivity contribution in [3.63, 3.8) is 0 Å². The van der Waals surface area contributed by atoms with Crippen molar-refractivity contribution in [2.24, 2.45) is 0 Å². The van der Waals surface area contributed by atoms with Crippen molar-refractivity contribution in [2.45, 2.75) is 37.7 Å². The van der Waals surface area contributed by atoms with Gasteiger partial charge in [-0.3, -0.25) is 0 Å². The topological polar surface area (TPSA) is 36.3 Å². The third-order valence-electron chi connectivity index (χ3n) is 5.09. The lowest BCUT2D eigenvalue weighted by atomic mass is 9.94. The summed E-state index contributed by atoms with van der Waals surface area (Å²) in [6.45, 7) is 0. The van der Waals surface area contributed by atoms with Crippen LogP contribution < -0.4 is 9.47 Å². The number of ether oxygens (including phenoxy) is 2. The summed E-state index contributed by atoms with van der Waals surface area (Å²) in [5.74, 6) is -1.53. The first kappa shape index (κ1) is 19.7. The molecular formula is C22H21ClF2N2O2. The van der Waals surface area contributed by atoms with Crippen molar-refractivity contribution < 1.29 is 18.3 Å². The summed E-state index contributed by atoms with van der Waals surface area (Å²) in [7, 11) is 1.60. The molecule has 0 bridgehead atoms. The SMILES string of the molecule is COc1ccccc1-n1nc(OC2CCC(F)(F)CC2)cc1-c1ccc(Cl)cc1. The zero-order chi connectivity index (χ0) is 20.4. The Morgan fingerprint density at radius 1 is 1.07 bits per heavy atom. The van der Waals surface area contributed by atoms with Crippen LogP contribution >= 0.6 is 11.6 Å². The molecule has 0 atom stereocenters. The highest BCUT2D eigenvalue weighted by Crippen LogP contribution is 2.36. The minimum absolute atomic E-state index is 0.158. The lowest BCUT2D eigenvalue weighted by molar-refractivity contribution is -0.0588. The molecule has 0 spiro atoms. The molecule has 1 aliphatic rings. The fourth-order valence-corrected chi connectivity index (χ4v) is 3.66. The monoisotopic (exact) mass is 418 g/mol. The van der Waals surface area contributed by atoms with Crippen LogP contribution in [0.4, 0.5) is 8.78 Å². The minimum atomic E-state index is -2.59. The number of nitrogens with zero attached hydrogens (tertiary/aromatic N) is 2. The van der Waals surface area contributed by atoms with Crippen molar-refractivity contribution in [3.05, 3.63) is 59.6 Å². The quantitative estimate of drug-likeness (QED) is 0.498. The molecule has 0 aliphatic heterocycles. The van der Waals surface area contributed by atoms with E-state index in [2.05, 4.69) is 5.10 Å². The molecule has 1 fully saturated rings. The van der Waals surface area contributed by atoms with Crippen LogP contribution in [0.5, 0.6) is 11.6 Å². The van der Waals surface area contributed by atoms with Gasteiger partial charge in [0, 0.05) is 29.5 Å². The van der Waals surface area contributed by atoms with Gasteiger partial charge in [-0.1, -0.05) is 35.9 Å². The summed E-state index contributed by atoms with van der Waals surface area (Å²) >= 11 is 6.03. The third kappa shape index (κ3) is 4.37. The van der Waals surface area contributed by atoms with Gasteiger partial charge in [-0.15, -0.1) is 5.10 Å². The summed E-state index contributed by atoms with van der Waals surface area (Å²) in [6, 6.07) is 16.8. The highest BCUT2D eigenvalue weighted by molar-refractivity contribution is 6.30. The lowest BCUT2D eigenvalue weighted by Gasteiger charge is -2.27. The van der Waals surface area contributed by atoms with Crippen molar-refractivity contribution in [2.75, 3.05) is 7.11 Å². The Morgan fingerprint density at radius 3 is 2.45 bits per heavy atom. The Morgan fingerprint density at radius 2 is 1.76 bits per heavy atom. The van der Waals surface area contributed by atoms with Crippen LogP contribution in [0.1, 0.15) is 25.7 Å². The molecule has 152 valence electrons. The average Bonchev–Trinajstić information content (AvgIpc) is 3.13. The van der Waals surface area contributed by atoms with E-state index < -0.39 is 5.92 Å². The molecule has 1 saturated carbocycles. The Balaban J connectivity index is 1.70. The van der Waals surface area contributed by atoms with Crippen LogP contribution in [0.3, 0.4) is 0 Å². The maximum Gasteiger partial charge on any atom is 0.248 e. The summed E-state index contributed by atoms with van der Waals surface area (Å²) in [4.78, 5) is 0.